The first-order valence-corrected chi connectivity index (χ1v) is 9.81. The van der Waals surface area contributed by atoms with E-state index < -0.39 is 66.9 Å². The highest BCUT2D eigenvalue weighted by Gasteiger charge is 2.28. The van der Waals surface area contributed by atoms with Gasteiger partial charge in [-0.1, -0.05) is 30.3 Å². The molecule has 0 aliphatic rings. The molecule has 176 valence electrons. The van der Waals surface area contributed by atoms with E-state index in [1.54, 1.807) is 24.3 Å². The van der Waals surface area contributed by atoms with E-state index >= 15 is 0 Å². The SMILES string of the molecule is CC(NC(=O)C(CO)NC(=O)C(N)Cc1ccccc1)C(=O)NC(CCC(=O)O)C(=O)O. The van der Waals surface area contributed by atoms with E-state index in [0.717, 1.165) is 5.56 Å². The zero-order valence-corrected chi connectivity index (χ0v) is 17.5. The van der Waals surface area contributed by atoms with E-state index in [9.17, 15) is 29.1 Å². The number of carboxylic acids is 2. The molecular formula is C20H28N4O8. The molecule has 32 heavy (non-hydrogen) atoms. The maximum absolute atomic E-state index is 12.3. The van der Waals surface area contributed by atoms with Crippen molar-refractivity contribution >= 4 is 29.7 Å². The fourth-order valence-electron chi connectivity index (χ4n) is 2.64. The third kappa shape index (κ3) is 9.10. The number of hydrogen-bond donors (Lipinski definition) is 7. The van der Waals surface area contributed by atoms with E-state index in [1.165, 1.54) is 6.92 Å². The van der Waals surface area contributed by atoms with Crippen LogP contribution in [0, 0.1) is 0 Å². The van der Waals surface area contributed by atoms with Crippen LogP contribution in [0.5, 0.6) is 0 Å². The highest BCUT2D eigenvalue weighted by molar-refractivity contribution is 5.94. The number of hydrogen-bond acceptors (Lipinski definition) is 7. The summed E-state index contributed by atoms with van der Waals surface area (Å²) in [5.41, 5.74) is 6.65. The van der Waals surface area contributed by atoms with Gasteiger partial charge in [0.1, 0.15) is 18.1 Å². The summed E-state index contributed by atoms with van der Waals surface area (Å²) in [6.45, 7) is 0.501. The minimum Gasteiger partial charge on any atom is -0.481 e. The average molecular weight is 452 g/mol. The van der Waals surface area contributed by atoms with Gasteiger partial charge in [-0.25, -0.2) is 4.79 Å². The molecule has 4 unspecified atom stereocenters. The number of benzene rings is 1. The van der Waals surface area contributed by atoms with E-state index in [1.807, 2.05) is 6.07 Å². The van der Waals surface area contributed by atoms with Gasteiger partial charge in [0.2, 0.25) is 17.7 Å². The molecule has 12 nitrogen and oxygen atoms in total. The molecule has 0 saturated carbocycles. The quantitative estimate of drug-likeness (QED) is 0.176. The van der Waals surface area contributed by atoms with Crippen LogP contribution in [0.2, 0.25) is 0 Å². The molecule has 0 spiro atoms. The number of carbonyl (C=O) groups is 5. The molecule has 1 aromatic carbocycles. The highest BCUT2D eigenvalue weighted by Crippen LogP contribution is 2.03. The van der Waals surface area contributed by atoms with Crippen LogP contribution >= 0.6 is 0 Å². The largest absolute Gasteiger partial charge is 0.481 e. The van der Waals surface area contributed by atoms with Crippen molar-refractivity contribution in [1.29, 1.82) is 0 Å². The number of aliphatic hydroxyl groups excluding tert-OH is 1. The fraction of sp³-hybridized carbons (Fsp3) is 0.450. The van der Waals surface area contributed by atoms with E-state index in [-0.39, 0.29) is 12.8 Å². The molecule has 3 amide bonds. The monoisotopic (exact) mass is 452 g/mol. The Morgan fingerprint density at radius 1 is 0.906 bits per heavy atom. The number of nitrogens with two attached hydrogens (primary N) is 1. The smallest absolute Gasteiger partial charge is 0.326 e. The molecule has 0 saturated heterocycles. The van der Waals surface area contributed by atoms with Crippen LogP contribution in [0.25, 0.3) is 0 Å². The second kappa shape index (κ2) is 13.0. The lowest BCUT2D eigenvalue weighted by molar-refractivity contribution is -0.143. The van der Waals surface area contributed by atoms with Crippen LogP contribution in [0.3, 0.4) is 0 Å². The van der Waals surface area contributed by atoms with Crippen LogP contribution in [0.15, 0.2) is 30.3 Å². The summed E-state index contributed by atoms with van der Waals surface area (Å²) < 4.78 is 0. The Bertz CT molecular complexity index is 817. The molecule has 0 aliphatic heterocycles. The minimum absolute atomic E-state index is 0.207. The molecular weight excluding hydrogens is 424 g/mol. The lowest BCUT2D eigenvalue weighted by atomic mass is 10.1. The standard InChI is InChI=1S/C20H28N4O8/c1-11(17(28)23-14(20(31)32)7-8-16(26)27)22-19(30)15(10-25)24-18(29)13(21)9-12-5-3-2-4-6-12/h2-6,11,13-15,25H,7-10,21H2,1H3,(H,22,30)(H,23,28)(H,24,29)(H,26,27)(H,31,32). The summed E-state index contributed by atoms with van der Waals surface area (Å²) in [5, 5.41) is 33.9. The Morgan fingerprint density at radius 2 is 1.50 bits per heavy atom. The summed E-state index contributed by atoms with van der Waals surface area (Å²) in [5.74, 6) is -5.09. The highest BCUT2D eigenvalue weighted by atomic mass is 16.4. The second-order valence-corrected chi connectivity index (χ2v) is 7.10. The van der Waals surface area contributed by atoms with E-state index in [4.69, 9.17) is 15.9 Å². The van der Waals surface area contributed by atoms with Gasteiger partial charge in [0, 0.05) is 6.42 Å². The maximum Gasteiger partial charge on any atom is 0.326 e. The van der Waals surface area contributed by atoms with Gasteiger partial charge in [0.25, 0.3) is 0 Å². The number of rotatable bonds is 13. The number of aliphatic carboxylic acids is 2. The van der Waals surface area contributed by atoms with Gasteiger partial charge in [-0.05, 0) is 25.3 Å². The summed E-state index contributed by atoms with van der Waals surface area (Å²) in [4.78, 5) is 58.6. The van der Waals surface area contributed by atoms with Crippen LogP contribution in [0.1, 0.15) is 25.3 Å². The van der Waals surface area contributed by atoms with Gasteiger partial charge in [0.05, 0.1) is 12.6 Å². The Labute approximate surface area is 184 Å². The fourth-order valence-corrected chi connectivity index (χ4v) is 2.64. The summed E-state index contributed by atoms with van der Waals surface area (Å²) >= 11 is 0. The van der Waals surface area contributed by atoms with Crippen LogP contribution in [0.4, 0.5) is 0 Å². The third-order valence-corrected chi connectivity index (χ3v) is 4.46. The summed E-state index contributed by atoms with van der Waals surface area (Å²) in [7, 11) is 0. The number of nitrogens with one attached hydrogen (secondary N) is 3. The average Bonchev–Trinajstić information content (AvgIpc) is 2.74. The van der Waals surface area contributed by atoms with Crippen molar-refractivity contribution in [2.75, 3.05) is 6.61 Å². The zero-order chi connectivity index (χ0) is 24.3. The summed E-state index contributed by atoms with van der Waals surface area (Å²) in [6.07, 6.45) is -0.607. The number of aliphatic hydroxyl groups is 1. The number of amides is 3. The molecule has 1 rings (SSSR count). The normalized spacial score (nSPS) is 14.3. The first kappa shape index (κ1) is 26.5. The first-order valence-electron chi connectivity index (χ1n) is 9.81. The molecule has 4 atom stereocenters. The summed E-state index contributed by atoms with van der Waals surface area (Å²) in [6, 6.07) is 3.89. The zero-order valence-electron chi connectivity index (χ0n) is 17.5. The predicted octanol–water partition coefficient (Wildman–Crippen LogP) is -2.03. The Balaban J connectivity index is 2.62. The number of carboxylic acid groups (broad SMARTS) is 2. The molecule has 1 aromatic rings. The third-order valence-electron chi connectivity index (χ3n) is 4.46. The Hall–Kier alpha value is -3.51. The van der Waals surface area contributed by atoms with Crippen LogP contribution in [-0.4, -0.2) is 75.8 Å². The van der Waals surface area contributed by atoms with Gasteiger partial charge in [-0.2, -0.15) is 0 Å². The molecule has 0 aromatic heterocycles. The lowest BCUT2D eigenvalue weighted by Gasteiger charge is -2.22. The van der Waals surface area contributed by atoms with E-state index in [0.29, 0.717) is 0 Å². The molecule has 12 heteroatoms. The molecule has 0 bridgehead atoms. The van der Waals surface area contributed by atoms with Gasteiger partial charge in [-0.3, -0.25) is 19.2 Å². The number of carbonyl (C=O) groups excluding carboxylic acids is 3. The predicted molar refractivity (Wildman–Crippen MR) is 111 cm³/mol. The van der Waals surface area contributed by atoms with Gasteiger partial charge >= 0.3 is 11.9 Å². The molecule has 0 radical (unpaired) electrons. The Morgan fingerprint density at radius 3 is 2.03 bits per heavy atom. The second-order valence-electron chi connectivity index (χ2n) is 7.10. The minimum atomic E-state index is -1.46. The van der Waals surface area contributed by atoms with Gasteiger partial charge in [-0.15, -0.1) is 0 Å². The topological polar surface area (TPSA) is 208 Å². The van der Waals surface area contributed by atoms with Crippen molar-refractivity contribution < 1.29 is 39.3 Å². The molecule has 0 fully saturated rings. The van der Waals surface area contributed by atoms with Gasteiger partial charge in [0.15, 0.2) is 0 Å². The lowest BCUT2D eigenvalue weighted by Crippen LogP contribution is -2.57. The molecule has 8 N–H and O–H groups in total. The van der Waals surface area contributed by atoms with Crippen molar-refractivity contribution in [2.45, 2.75) is 50.4 Å². The van der Waals surface area contributed by atoms with Crippen LogP contribution < -0.4 is 21.7 Å². The Kier molecular flexibility index (Phi) is 10.8. The van der Waals surface area contributed by atoms with E-state index in [2.05, 4.69) is 16.0 Å². The van der Waals surface area contributed by atoms with Crippen LogP contribution in [-0.2, 0) is 30.4 Å². The molecule has 0 heterocycles. The van der Waals surface area contributed by atoms with Crippen molar-refractivity contribution in [3.8, 4) is 0 Å². The van der Waals surface area contributed by atoms with Crippen molar-refractivity contribution in [3.05, 3.63) is 35.9 Å². The van der Waals surface area contributed by atoms with Crippen molar-refractivity contribution in [2.24, 2.45) is 5.73 Å². The van der Waals surface area contributed by atoms with Gasteiger partial charge < -0.3 is 37.0 Å². The first-order chi connectivity index (χ1) is 15.0. The molecule has 0 aliphatic carbocycles. The maximum atomic E-state index is 12.3. The van der Waals surface area contributed by atoms with Crippen molar-refractivity contribution in [1.82, 2.24) is 16.0 Å². The van der Waals surface area contributed by atoms with Crippen molar-refractivity contribution in [3.63, 3.8) is 0 Å².